The summed E-state index contributed by atoms with van der Waals surface area (Å²) in [4.78, 5) is 0. The second kappa shape index (κ2) is 11.2. The van der Waals surface area contributed by atoms with Crippen molar-refractivity contribution in [2.75, 3.05) is 14.2 Å². The van der Waals surface area contributed by atoms with Gasteiger partial charge in [-0.15, -0.1) is 0 Å². The summed E-state index contributed by atoms with van der Waals surface area (Å²) in [6.45, 7) is 0. The molecule has 0 fully saturated rings. The quantitative estimate of drug-likeness (QED) is 0.635. The van der Waals surface area contributed by atoms with Crippen LogP contribution in [0.3, 0.4) is 0 Å². The van der Waals surface area contributed by atoms with E-state index >= 15 is 0 Å². The average molecular weight is 272 g/mol. The van der Waals surface area contributed by atoms with Crippen molar-refractivity contribution in [1.82, 2.24) is 0 Å². The zero-order valence-corrected chi connectivity index (χ0v) is 11.3. The minimum absolute atomic E-state index is 0. The van der Waals surface area contributed by atoms with E-state index in [1.165, 1.54) is 25.7 Å². The van der Waals surface area contributed by atoms with Crippen LogP contribution in [0.15, 0.2) is 18.2 Å². The van der Waals surface area contributed by atoms with E-state index in [1.807, 2.05) is 0 Å². The standard InChI is InChI=1S/C9H11.2CH3O.Zr/c1-2-5-9-7-3-6-8(9)4-1;2*1-2;/h3,6-7H,1-2,4-5H2;2*1H3;/q3*-1;+3. The molecule has 77 valence electrons. The average Bonchev–Trinajstić information content (AvgIpc) is 2.71. The van der Waals surface area contributed by atoms with Gasteiger partial charge in [0.05, 0.1) is 0 Å². The van der Waals surface area contributed by atoms with Crippen LogP contribution >= 0.6 is 0 Å². The van der Waals surface area contributed by atoms with Crippen LogP contribution in [0.2, 0.25) is 0 Å². The Kier molecular flexibility index (Phi) is 13.3. The third-order valence-corrected chi connectivity index (χ3v) is 2.15. The molecule has 0 saturated heterocycles. The fourth-order valence-electron chi connectivity index (χ4n) is 1.61. The van der Waals surface area contributed by atoms with Gasteiger partial charge in [-0.2, -0.15) is 37.5 Å². The molecule has 0 amide bonds. The first-order chi connectivity index (χ1) is 6.47. The molecule has 1 radical (unpaired) electrons. The predicted molar refractivity (Wildman–Crippen MR) is 50.5 cm³/mol. The van der Waals surface area contributed by atoms with E-state index in [-0.39, 0.29) is 26.2 Å². The Hall–Kier alpha value is 0.153. The molecule has 1 aromatic carbocycles. The second-order valence-corrected chi connectivity index (χ2v) is 2.78. The van der Waals surface area contributed by atoms with E-state index in [9.17, 15) is 0 Å². The molecular weight excluding hydrogens is 255 g/mol. The van der Waals surface area contributed by atoms with Gasteiger partial charge < -0.3 is 10.2 Å². The number of hydrogen-bond donors (Lipinski definition) is 0. The van der Waals surface area contributed by atoms with Gasteiger partial charge in [0.25, 0.3) is 0 Å². The molecule has 2 rings (SSSR count). The molecule has 1 aromatic rings. The summed E-state index contributed by atoms with van der Waals surface area (Å²) >= 11 is 0. The van der Waals surface area contributed by atoms with Crippen LogP contribution in [0.4, 0.5) is 0 Å². The van der Waals surface area contributed by atoms with Crippen molar-refractivity contribution in [2.45, 2.75) is 25.7 Å². The summed E-state index contributed by atoms with van der Waals surface area (Å²) in [5.74, 6) is 0. The molecule has 14 heavy (non-hydrogen) atoms. The van der Waals surface area contributed by atoms with Gasteiger partial charge in [-0.05, 0) is 0 Å². The molecular formula is C11H17O2Zr. The Labute approximate surface area is 105 Å². The molecule has 0 aromatic heterocycles. The van der Waals surface area contributed by atoms with Crippen molar-refractivity contribution in [2.24, 2.45) is 0 Å². The molecule has 0 heterocycles. The Morgan fingerprint density at radius 2 is 1.64 bits per heavy atom. The molecule has 3 heteroatoms. The number of rotatable bonds is 0. The minimum atomic E-state index is 0. The molecule has 0 spiro atoms. The van der Waals surface area contributed by atoms with E-state index < -0.39 is 0 Å². The van der Waals surface area contributed by atoms with Gasteiger partial charge in [0.15, 0.2) is 0 Å². The van der Waals surface area contributed by atoms with Crippen LogP contribution in [0.5, 0.6) is 0 Å². The summed E-state index contributed by atoms with van der Waals surface area (Å²) in [5.41, 5.74) is 3.20. The normalized spacial score (nSPS) is 12.0. The Morgan fingerprint density at radius 3 is 2.21 bits per heavy atom. The maximum absolute atomic E-state index is 8.25. The van der Waals surface area contributed by atoms with Crippen molar-refractivity contribution >= 4 is 0 Å². The monoisotopic (exact) mass is 271 g/mol. The van der Waals surface area contributed by atoms with Crippen LogP contribution in [0.25, 0.3) is 0 Å². The van der Waals surface area contributed by atoms with Crippen LogP contribution in [-0.2, 0) is 39.0 Å². The van der Waals surface area contributed by atoms with Gasteiger partial charge in [0.1, 0.15) is 0 Å². The topological polar surface area (TPSA) is 46.1 Å². The molecule has 1 aliphatic carbocycles. The second-order valence-electron chi connectivity index (χ2n) is 2.78. The first kappa shape index (κ1) is 16.6. The molecule has 1 aliphatic rings. The van der Waals surface area contributed by atoms with Crippen LogP contribution < -0.4 is 10.2 Å². The third-order valence-electron chi connectivity index (χ3n) is 2.15. The number of hydrogen-bond acceptors (Lipinski definition) is 2. The van der Waals surface area contributed by atoms with Crippen molar-refractivity contribution < 1.29 is 36.4 Å². The molecule has 2 nitrogen and oxygen atoms in total. The fraction of sp³-hybridized carbons (Fsp3) is 0.545. The zero-order chi connectivity index (χ0) is 10.1. The van der Waals surface area contributed by atoms with Crippen molar-refractivity contribution in [3.63, 3.8) is 0 Å². The summed E-state index contributed by atoms with van der Waals surface area (Å²) < 4.78 is 0. The molecule has 0 unspecified atom stereocenters. The van der Waals surface area contributed by atoms with E-state index in [0.29, 0.717) is 0 Å². The summed E-state index contributed by atoms with van der Waals surface area (Å²) in [6, 6.07) is 6.69. The first-order valence-corrected chi connectivity index (χ1v) is 4.52. The maximum Gasteiger partial charge on any atom is 3.00 e. The Morgan fingerprint density at radius 1 is 1.07 bits per heavy atom. The van der Waals surface area contributed by atoms with Crippen molar-refractivity contribution in [3.8, 4) is 0 Å². The maximum atomic E-state index is 8.25. The predicted octanol–water partition coefficient (Wildman–Crippen LogP) is 0.235. The number of fused-ring (bicyclic) bond motifs is 1. The van der Waals surface area contributed by atoms with Gasteiger partial charge in [0.2, 0.25) is 0 Å². The van der Waals surface area contributed by atoms with Crippen LogP contribution in [-0.4, -0.2) is 14.2 Å². The van der Waals surface area contributed by atoms with Crippen LogP contribution in [0.1, 0.15) is 24.0 Å². The van der Waals surface area contributed by atoms with E-state index in [4.69, 9.17) is 10.2 Å². The Bertz CT molecular complexity index is 188. The molecule has 0 N–H and O–H groups in total. The van der Waals surface area contributed by atoms with E-state index in [1.54, 1.807) is 11.1 Å². The largest absolute Gasteiger partial charge is 3.00 e. The minimum Gasteiger partial charge on any atom is -0.857 e. The third kappa shape index (κ3) is 5.14. The number of aryl methyl sites for hydroxylation is 2. The molecule has 0 saturated carbocycles. The van der Waals surface area contributed by atoms with Crippen LogP contribution in [0, 0.1) is 0 Å². The summed E-state index contributed by atoms with van der Waals surface area (Å²) in [6.07, 6.45) is 5.44. The van der Waals surface area contributed by atoms with Crippen molar-refractivity contribution in [3.05, 3.63) is 29.3 Å². The van der Waals surface area contributed by atoms with Gasteiger partial charge >= 0.3 is 26.2 Å². The van der Waals surface area contributed by atoms with Crippen molar-refractivity contribution in [1.29, 1.82) is 0 Å². The Balaban J connectivity index is 0. The molecule has 0 aliphatic heterocycles. The summed E-state index contributed by atoms with van der Waals surface area (Å²) in [7, 11) is 1.50. The zero-order valence-electron chi connectivity index (χ0n) is 8.88. The fourth-order valence-corrected chi connectivity index (χ4v) is 1.61. The SMILES string of the molecule is C[O-].C[O-].[Zr+3].c1cc2c([cH-]1)CCCC2. The van der Waals surface area contributed by atoms with Gasteiger partial charge in [-0.1, -0.05) is 25.7 Å². The summed E-state index contributed by atoms with van der Waals surface area (Å²) in [5, 5.41) is 16.5. The smallest absolute Gasteiger partial charge is 0.857 e. The van der Waals surface area contributed by atoms with Gasteiger partial charge in [-0.3, -0.25) is 0 Å². The first-order valence-electron chi connectivity index (χ1n) is 4.52. The van der Waals surface area contributed by atoms with Gasteiger partial charge in [0, 0.05) is 0 Å². The van der Waals surface area contributed by atoms with E-state index in [2.05, 4.69) is 18.2 Å². The van der Waals surface area contributed by atoms with Gasteiger partial charge in [-0.25, -0.2) is 6.07 Å². The van der Waals surface area contributed by atoms with E-state index in [0.717, 1.165) is 14.2 Å². The molecule has 0 bridgehead atoms. The molecule has 0 atom stereocenters.